The smallest absolute Gasteiger partial charge is 0.159 e. The number of hydrogen-bond acceptors (Lipinski definition) is 4. The zero-order valence-corrected chi connectivity index (χ0v) is 22.3. The van der Waals surface area contributed by atoms with E-state index in [4.69, 9.17) is 16.2 Å². The van der Waals surface area contributed by atoms with Gasteiger partial charge in [-0.2, -0.15) is 0 Å². The predicted molar refractivity (Wildman–Crippen MR) is 168 cm³/mol. The molecule has 0 saturated carbocycles. The lowest BCUT2D eigenvalue weighted by Crippen LogP contribution is -2.20. The van der Waals surface area contributed by atoms with Gasteiger partial charge in [0.1, 0.15) is 6.26 Å². The molecule has 7 aromatic rings. The molecule has 0 aliphatic rings. The second kappa shape index (κ2) is 8.55. The summed E-state index contributed by atoms with van der Waals surface area (Å²) in [6.45, 7) is 10.5. The summed E-state index contributed by atoms with van der Waals surface area (Å²) in [5, 5.41) is 8.67. The van der Waals surface area contributed by atoms with Gasteiger partial charge in [-0.3, -0.25) is 8.80 Å². The SMILES string of the molecule is C=CO/C=c1\n2c3cc(N)ccc3c3ccsc4ccc5c6ccc(/C(N)=C/C=C\C)cc6n1c5c4c(=C)c32. The highest BCUT2D eigenvalue weighted by Crippen LogP contribution is 2.36. The summed E-state index contributed by atoms with van der Waals surface area (Å²) in [5.74, 6) is 0. The molecule has 4 N–H and O–H groups in total. The Bertz CT molecular complexity index is 2330. The van der Waals surface area contributed by atoms with Crippen molar-refractivity contribution in [3.05, 3.63) is 107 Å². The number of allylic oxidation sites excluding steroid dienone is 3. The Hall–Kier alpha value is -4.94. The minimum absolute atomic E-state index is 0.686. The number of ether oxygens (including phenoxy) is 1. The van der Waals surface area contributed by atoms with E-state index in [2.05, 4.69) is 69.8 Å². The molecule has 0 saturated heterocycles. The third-order valence-corrected chi connectivity index (χ3v) is 8.34. The summed E-state index contributed by atoms with van der Waals surface area (Å²) >= 11 is 1.71. The van der Waals surface area contributed by atoms with Crippen LogP contribution in [0.4, 0.5) is 5.69 Å². The van der Waals surface area contributed by atoms with Gasteiger partial charge < -0.3 is 16.2 Å². The maximum Gasteiger partial charge on any atom is 0.159 e. The maximum atomic E-state index is 6.50. The van der Waals surface area contributed by atoms with Gasteiger partial charge in [0, 0.05) is 48.2 Å². The molecule has 0 radical (unpaired) electrons. The molecule has 0 amide bonds. The Labute approximate surface area is 228 Å². The normalized spacial score (nSPS) is 13.4. The minimum Gasteiger partial charge on any atom is -0.469 e. The molecule has 0 fully saturated rings. The first kappa shape index (κ1) is 23.2. The Morgan fingerprint density at radius 2 is 1.64 bits per heavy atom. The van der Waals surface area contributed by atoms with E-state index in [1.54, 1.807) is 17.6 Å². The molecule has 5 nitrogen and oxygen atoms in total. The molecule has 0 atom stereocenters. The summed E-state index contributed by atoms with van der Waals surface area (Å²) in [7, 11) is 0. The van der Waals surface area contributed by atoms with Crippen molar-refractivity contribution in [2.24, 2.45) is 5.73 Å². The van der Waals surface area contributed by atoms with Gasteiger partial charge in [0.15, 0.2) is 5.48 Å². The van der Waals surface area contributed by atoms with Crippen molar-refractivity contribution in [2.45, 2.75) is 6.92 Å². The van der Waals surface area contributed by atoms with Gasteiger partial charge in [-0.05, 0) is 54.3 Å². The van der Waals surface area contributed by atoms with Crippen molar-refractivity contribution < 1.29 is 4.74 Å². The first-order valence-corrected chi connectivity index (χ1v) is 13.6. The zero-order valence-electron chi connectivity index (χ0n) is 21.4. The van der Waals surface area contributed by atoms with Crippen molar-refractivity contribution in [1.29, 1.82) is 0 Å². The summed E-state index contributed by atoms with van der Waals surface area (Å²) in [6.07, 6.45) is 9.02. The van der Waals surface area contributed by atoms with Crippen LogP contribution in [0.1, 0.15) is 12.5 Å². The molecular weight excluding hydrogens is 500 g/mol. The molecule has 4 heterocycles. The van der Waals surface area contributed by atoms with Crippen LogP contribution in [0.25, 0.3) is 72.2 Å². The number of nitrogen functional groups attached to an aromatic ring is 1. The lowest BCUT2D eigenvalue weighted by molar-refractivity contribution is 0.458. The number of benzene rings is 3. The Morgan fingerprint density at radius 3 is 2.44 bits per heavy atom. The third-order valence-electron chi connectivity index (χ3n) is 7.47. The quantitative estimate of drug-likeness (QED) is 0.154. The fourth-order valence-corrected chi connectivity index (χ4v) is 6.67. The van der Waals surface area contributed by atoms with Crippen molar-refractivity contribution in [1.82, 2.24) is 8.80 Å². The molecule has 0 unspecified atom stereocenters. The van der Waals surface area contributed by atoms with Crippen LogP contribution in [0, 0.1) is 0 Å². The largest absolute Gasteiger partial charge is 0.469 e. The van der Waals surface area contributed by atoms with Gasteiger partial charge >= 0.3 is 0 Å². The van der Waals surface area contributed by atoms with E-state index in [-0.39, 0.29) is 0 Å². The van der Waals surface area contributed by atoms with Crippen LogP contribution in [-0.2, 0) is 4.74 Å². The first-order valence-electron chi connectivity index (χ1n) is 12.7. The molecule has 0 aliphatic carbocycles. The number of rotatable bonds is 4. The third kappa shape index (κ3) is 3.19. The monoisotopic (exact) mass is 526 g/mol. The van der Waals surface area contributed by atoms with E-state index in [9.17, 15) is 0 Å². The van der Waals surface area contributed by atoms with Crippen LogP contribution < -0.4 is 22.2 Å². The Morgan fingerprint density at radius 1 is 0.923 bits per heavy atom. The second-order valence-corrected chi connectivity index (χ2v) is 10.5. The summed E-state index contributed by atoms with van der Waals surface area (Å²) in [5.41, 5.74) is 20.1. The van der Waals surface area contributed by atoms with Crippen LogP contribution in [0.3, 0.4) is 0 Å². The van der Waals surface area contributed by atoms with E-state index in [1.165, 1.54) is 6.26 Å². The van der Waals surface area contributed by atoms with Crippen LogP contribution in [0.2, 0.25) is 0 Å². The first-order chi connectivity index (χ1) is 19.0. The van der Waals surface area contributed by atoms with Gasteiger partial charge in [0.25, 0.3) is 0 Å². The van der Waals surface area contributed by atoms with Crippen molar-refractivity contribution >= 4 is 89.3 Å². The summed E-state index contributed by atoms with van der Waals surface area (Å²) in [6, 6.07) is 19.0. The average molecular weight is 527 g/mol. The predicted octanol–water partition coefficient (Wildman–Crippen LogP) is 6.63. The molecule has 7 rings (SSSR count). The van der Waals surface area contributed by atoms with E-state index in [0.29, 0.717) is 11.4 Å². The lowest BCUT2D eigenvalue weighted by atomic mass is 10.1. The zero-order chi connectivity index (χ0) is 26.8. The number of hydrogen-bond donors (Lipinski definition) is 2. The molecule has 3 aromatic carbocycles. The lowest BCUT2D eigenvalue weighted by Gasteiger charge is -2.05. The number of anilines is 1. The molecule has 4 aromatic heterocycles. The Kier molecular flexibility index (Phi) is 5.08. The Balaban J connectivity index is 1.89. The minimum atomic E-state index is 0.686. The molecule has 6 heteroatoms. The second-order valence-electron chi connectivity index (χ2n) is 9.60. The van der Waals surface area contributed by atoms with E-state index in [1.807, 2.05) is 37.3 Å². The highest BCUT2D eigenvalue weighted by molar-refractivity contribution is 7.16. The number of fused-ring (bicyclic) bond motifs is 6. The molecule has 0 spiro atoms. The van der Waals surface area contributed by atoms with Crippen molar-refractivity contribution in [3.63, 3.8) is 0 Å². The fourth-order valence-electron chi connectivity index (χ4n) is 5.83. The summed E-state index contributed by atoms with van der Waals surface area (Å²) < 4.78 is 11.4. The van der Waals surface area contributed by atoms with Gasteiger partial charge in [0.05, 0.1) is 28.3 Å². The maximum absolute atomic E-state index is 6.50. The molecular formula is C33H26N4OS. The van der Waals surface area contributed by atoms with E-state index in [0.717, 1.165) is 70.0 Å². The van der Waals surface area contributed by atoms with E-state index >= 15 is 0 Å². The van der Waals surface area contributed by atoms with Gasteiger partial charge in [-0.15, -0.1) is 11.3 Å². The van der Waals surface area contributed by atoms with Gasteiger partial charge in [-0.1, -0.05) is 49.6 Å². The van der Waals surface area contributed by atoms with Crippen molar-refractivity contribution in [3.8, 4) is 0 Å². The number of nitrogens with two attached hydrogens (primary N) is 2. The van der Waals surface area contributed by atoms with Gasteiger partial charge in [0.2, 0.25) is 0 Å². The molecule has 39 heavy (non-hydrogen) atoms. The molecule has 190 valence electrons. The van der Waals surface area contributed by atoms with Gasteiger partial charge in [-0.25, -0.2) is 0 Å². The summed E-state index contributed by atoms with van der Waals surface area (Å²) in [4.78, 5) is 0. The number of aromatic nitrogens is 2. The van der Waals surface area contributed by atoms with Crippen LogP contribution in [0.5, 0.6) is 0 Å². The average Bonchev–Trinajstić information content (AvgIpc) is 3.38. The number of nitrogens with zero attached hydrogens (tertiary/aromatic N) is 2. The van der Waals surface area contributed by atoms with Crippen molar-refractivity contribution in [2.75, 3.05) is 5.73 Å². The highest BCUT2D eigenvalue weighted by atomic mass is 32.1. The molecule has 2 bridgehead atoms. The standard InChI is InChI=1S/C33H26N4OS/c1-4-6-7-26(35)20-8-10-22-24-12-13-29-31-19(3)32-25(14-15-39-29)23-11-9-21(34)17-28(23)36(32)30(18-38-5-2)37(33(24)31)27(22)16-20/h4-18H,2-3,34-35H2,1H3/b6-4-,15-14?,26-7-,30-18+. The van der Waals surface area contributed by atoms with Crippen LogP contribution in [0.15, 0.2) is 91.0 Å². The fraction of sp³-hybridized carbons (Fsp3) is 0.0303. The van der Waals surface area contributed by atoms with Crippen LogP contribution >= 0.6 is 11.3 Å². The van der Waals surface area contributed by atoms with E-state index < -0.39 is 0 Å². The van der Waals surface area contributed by atoms with Crippen LogP contribution in [-0.4, -0.2) is 8.80 Å². The molecule has 0 aliphatic heterocycles. The topological polar surface area (TPSA) is 70.1 Å². The highest BCUT2D eigenvalue weighted by Gasteiger charge is 2.19.